The average molecular weight is 154 g/mol. The van der Waals surface area contributed by atoms with Gasteiger partial charge in [0.15, 0.2) is 0 Å². The first kappa shape index (κ1) is 7.29. The van der Waals surface area contributed by atoms with Crippen molar-refractivity contribution >= 4 is 5.78 Å². The Morgan fingerprint density at radius 3 is 3.18 bits per heavy atom. The van der Waals surface area contributed by atoms with Crippen molar-refractivity contribution in [1.82, 2.24) is 0 Å². The molecule has 1 aliphatic carbocycles. The van der Waals surface area contributed by atoms with Crippen molar-refractivity contribution in [3.05, 3.63) is 0 Å². The Kier molecular flexibility index (Phi) is 1.53. The van der Waals surface area contributed by atoms with Crippen LogP contribution in [0.3, 0.4) is 0 Å². The zero-order chi connectivity index (χ0) is 7.90. The zero-order valence-corrected chi connectivity index (χ0v) is 6.93. The lowest BCUT2D eigenvalue weighted by atomic mass is 9.72. The van der Waals surface area contributed by atoms with Gasteiger partial charge in [0.2, 0.25) is 0 Å². The van der Waals surface area contributed by atoms with Crippen molar-refractivity contribution in [2.24, 2.45) is 5.41 Å². The Hall–Kier alpha value is -0.370. The zero-order valence-electron chi connectivity index (χ0n) is 6.93. The van der Waals surface area contributed by atoms with E-state index in [1.54, 1.807) is 0 Å². The third-order valence-electron chi connectivity index (χ3n) is 3.16. The molecule has 0 radical (unpaired) electrons. The minimum atomic E-state index is -0.113. The Labute approximate surface area is 66.9 Å². The van der Waals surface area contributed by atoms with E-state index in [-0.39, 0.29) is 11.5 Å². The summed E-state index contributed by atoms with van der Waals surface area (Å²) < 4.78 is 5.51. The third kappa shape index (κ3) is 0.924. The summed E-state index contributed by atoms with van der Waals surface area (Å²) in [5.41, 5.74) is -0.113. The Balaban J connectivity index is 2.24. The van der Waals surface area contributed by atoms with E-state index in [4.69, 9.17) is 4.74 Å². The summed E-state index contributed by atoms with van der Waals surface area (Å²) in [7, 11) is 0. The van der Waals surface area contributed by atoms with Crippen molar-refractivity contribution in [3.8, 4) is 0 Å². The van der Waals surface area contributed by atoms with E-state index in [0.717, 1.165) is 32.3 Å². The number of rotatable bonds is 0. The van der Waals surface area contributed by atoms with Gasteiger partial charge in [0, 0.05) is 13.0 Å². The van der Waals surface area contributed by atoms with Crippen LogP contribution < -0.4 is 0 Å². The fourth-order valence-corrected chi connectivity index (χ4v) is 2.21. The van der Waals surface area contributed by atoms with Crippen molar-refractivity contribution in [3.63, 3.8) is 0 Å². The summed E-state index contributed by atoms with van der Waals surface area (Å²) in [6, 6.07) is 0. The van der Waals surface area contributed by atoms with Crippen LogP contribution in [-0.2, 0) is 9.53 Å². The second-order valence-corrected chi connectivity index (χ2v) is 3.84. The van der Waals surface area contributed by atoms with E-state index in [2.05, 4.69) is 6.92 Å². The molecule has 2 unspecified atom stereocenters. The second kappa shape index (κ2) is 2.31. The highest BCUT2D eigenvalue weighted by Gasteiger charge is 2.47. The quantitative estimate of drug-likeness (QED) is 0.529. The fraction of sp³-hybridized carbons (Fsp3) is 0.889. The largest absolute Gasteiger partial charge is 0.377 e. The Morgan fingerprint density at radius 1 is 1.64 bits per heavy atom. The van der Waals surface area contributed by atoms with Crippen molar-refractivity contribution in [2.75, 3.05) is 6.61 Å². The predicted molar refractivity (Wildman–Crippen MR) is 41.3 cm³/mol. The highest BCUT2D eigenvalue weighted by molar-refractivity contribution is 5.86. The van der Waals surface area contributed by atoms with Crippen LogP contribution in [0.15, 0.2) is 0 Å². The van der Waals surface area contributed by atoms with E-state index in [0.29, 0.717) is 5.78 Å². The topological polar surface area (TPSA) is 26.3 Å². The summed E-state index contributed by atoms with van der Waals surface area (Å²) in [6.07, 6.45) is 4.07. The van der Waals surface area contributed by atoms with Gasteiger partial charge in [-0.2, -0.15) is 0 Å². The van der Waals surface area contributed by atoms with Gasteiger partial charge in [-0.25, -0.2) is 0 Å². The summed E-state index contributed by atoms with van der Waals surface area (Å²) in [6.45, 7) is 2.85. The SMILES string of the molecule is CC12CCOC1CCCC2=O. The van der Waals surface area contributed by atoms with Crippen LogP contribution in [0.2, 0.25) is 0 Å². The van der Waals surface area contributed by atoms with E-state index in [9.17, 15) is 4.79 Å². The molecule has 0 spiro atoms. The molecule has 2 heteroatoms. The number of fused-ring (bicyclic) bond motifs is 1. The molecule has 0 bridgehead atoms. The number of hydrogen-bond donors (Lipinski definition) is 0. The van der Waals surface area contributed by atoms with Crippen LogP contribution in [0.1, 0.15) is 32.6 Å². The summed E-state index contributed by atoms with van der Waals surface area (Å²) in [5.74, 6) is 0.422. The first-order chi connectivity index (χ1) is 5.23. The predicted octanol–water partition coefficient (Wildman–Crippen LogP) is 1.53. The molecule has 2 atom stereocenters. The van der Waals surface area contributed by atoms with Crippen molar-refractivity contribution in [2.45, 2.75) is 38.7 Å². The fourth-order valence-electron chi connectivity index (χ4n) is 2.21. The minimum Gasteiger partial charge on any atom is -0.377 e. The first-order valence-corrected chi connectivity index (χ1v) is 4.38. The van der Waals surface area contributed by atoms with E-state index in [1.807, 2.05) is 0 Å². The molecule has 0 amide bonds. The normalized spacial score (nSPS) is 44.1. The van der Waals surface area contributed by atoms with E-state index in [1.165, 1.54) is 0 Å². The van der Waals surface area contributed by atoms with Gasteiger partial charge in [-0.15, -0.1) is 0 Å². The first-order valence-electron chi connectivity index (χ1n) is 4.38. The lowest BCUT2D eigenvalue weighted by Crippen LogP contribution is -2.39. The molecular formula is C9H14O2. The van der Waals surface area contributed by atoms with Crippen LogP contribution in [0.5, 0.6) is 0 Å². The molecule has 11 heavy (non-hydrogen) atoms. The third-order valence-corrected chi connectivity index (χ3v) is 3.16. The van der Waals surface area contributed by atoms with Crippen LogP contribution in [0, 0.1) is 5.41 Å². The van der Waals surface area contributed by atoms with Gasteiger partial charge in [-0.1, -0.05) is 6.92 Å². The van der Waals surface area contributed by atoms with Gasteiger partial charge in [0.05, 0.1) is 11.5 Å². The van der Waals surface area contributed by atoms with Crippen molar-refractivity contribution in [1.29, 1.82) is 0 Å². The Bertz CT molecular complexity index is 188. The van der Waals surface area contributed by atoms with Crippen LogP contribution >= 0.6 is 0 Å². The molecule has 1 aliphatic heterocycles. The highest BCUT2D eigenvalue weighted by Crippen LogP contribution is 2.42. The summed E-state index contributed by atoms with van der Waals surface area (Å²) >= 11 is 0. The van der Waals surface area contributed by atoms with E-state index < -0.39 is 0 Å². The molecule has 62 valence electrons. The minimum absolute atomic E-state index is 0.113. The number of ether oxygens (including phenoxy) is 1. The number of ketones is 1. The average Bonchev–Trinajstić information content (AvgIpc) is 2.34. The van der Waals surface area contributed by atoms with Crippen LogP contribution in [-0.4, -0.2) is 18.5 Å². The maximum absolute atomic E-state index is 11.5. The summed E-state index contributed by atoms with van der Waals surface area (Å²) in [5, 5.41) is 0. The molecule has 1 saturated carbocycles. The Morgan fingerprint density at radius 2 is 2.45 bits per heavy atom. The molecule has 1 heterocycles. The van der Waals surface area contributed by atoms with Gasteiger partial charge in [-0.05, 0) is 19.3 Å². The molecule has 2 rings (SSSR count). The van der Waals surface area contributed by atoms with Gasteiger partial charge in [0.1, 0.15) is 5.78 Å². The molecule has 1 saturated heterocycles. The van der Waals surface area contributed by atoms with Gasteiger partial charge >= 0.3 is 0 Å². The molecular weight excluding hydrogens is 140 g/mol. The molecule has 2 nitrogen and oxygen atoms in total. The molecule has 0 aromatic carbocycles. The lowest BCUT2D eigenvalue weighted by molar-refractivity contribution is -0.134. The lowest BCUT2D eigenvalue weighted by Gasteiger charge is -2.32. The van der Waals surface area contributed by atoms with Gasteiger partial charge < -0.3 is 4.74 Å². The monoisotopic (exact) mass is 154 g/mol. The molecule has 0 aromatic rings. The number of Topliss-reactive ketones (excluding diaryl/α,β-unsaturated/α-hetero) is 1. The molecule has 2 aliphatic rings. The molecule has 0 N–H and O–H groups in total. The van der Waals surface area contributed by atoms with Gasteiger partial charge in [-0.3, -0.25) is 4.79 Å². The second-order valence-electron chi connectivity index (χ2n) is 3.84. The van der Waals surface area contributed by atoms with Crippen molar-refractivity contribution < 1.29 is 9.53 Å². The number of carbonyl (C=O) groups is 1. The molecule has 0 aromatic heterocycles. The van der Waals surface area contributed by atoms with Gasteiger partial charge in [0.25, 0.3) is 0 Å². The highest BCUT2D eigenvalue weighted by atomic mass is 16.5. The maximum atomic E-state index is 11.5. The maximum Gasteiger partial charge on any atom is 0.141 e. The number of carbonyl (C=O) groups excluding carboxylic acids is 1. The standard InChI is InChI=1S/C9H14O2/c1-9-5-6-11-8(9)4-2-3-7(9)10/h8H,2-6H2,1H3. The van der Waals surface area contributed by atoms with Crippen LogP contribution in [0.4, 0.5) is 0 Å². The molecule has 2 fully saturated rings. The summed E-state index contributed by atoms with van der Waals surface area (Å²) in [4.78, 5) is 11.5. The van der Waals surface area contributed by atoms with Crippen LogP contribution in [0.25, 0.3) is 0 Å². The smallest absolute Gasteiger partial charge is 0.141 e. The van der Waals surface area contributed by atoms with E-state index >= 15 is 0 Å². The number of hydrogen-bond acceptors (Lipinski definition) is 2.